The second-order valence-corrected chi connectivity index (χ2v) is 8.53. The number of carbonyl (C=O) groups excluding carboxylic acids is 2. The van der Waals surface area contributed by atoms with Gasteiger partial charge in [0.1, 0.15) is 11.4 Å². The Kier molecular flexibility index (Phi) is 8.54. The number of benzene rings is 1. The number of rotatable bonds is 8. The van der Waals surface area contributed by atoms with Crippen molar-refractivity contribution in [2.24, 2.45) is 5.92 Å². The van der Waals surface area contributed by atoms with Crippen LogP contribution in [0, 0.1) is 5.92 Å². The molecule has 28 heavy (non-hydrogen) atoms. The molecule has 1 rings (SSSR count). The van der Waals surface area contributed by atoms with Gasteiger partial charge in [0, 0.05) is 6.54 Å². The maximum absolute atomic E-state index is 12.3. The summed E-state index contributed by atoms with van der Waals surface area (Å²) in [6, 6.07) is 1.87. The van der Waals surface area contributed by atoms with Gasteiger partial charge in [0.2, 0.25) is 10.0 Å². The zero-order valence-electron chi connectivity index (χ0n) is 14.7. The third kappa shape index (κ3) is 7.82. The average Bonchev–Trinajstić information content (AvgIpc) is 2.55. The van der Waals surface area contributed by atoms with Gasteiger partial charge in [0.25, 0.3) is 5.91 Å². The molecule has 0 bridgehead atoms. The summed E-state index contributed by atoms with van der Waals surface area (Å²) in [5.74, 6) is -2.40. The van der Waals surface area contributed by atoms with Crippen LogP contribution in [0.15, 0.2) is 17.0 Å². The SMILES string of the molecule is CC(C)CNS(=O)(=O)c1cc(C(=O)OCC(=O)NCC(F)(F)F)c(Cl)cc1Cl. The predicted octanol–water partition coefficient (Wildman–Crippen LogP) is 2.76. The van der Waals surface area contributed by atoms with Gasteiger partial charge in [-0.1, -0.05) is 37.0 Å². The molecule has 0 unspecified atom stereocenters. The molecule has 0 spiro atoms. The van der Waals surface area contributed by atoms with Gasteiger partial charge in [-0.15, -0.1) is 0 Å². The predicted molar refractivity (Wildman–Crippen MR) is 95.8 cm³/mol. The van der Waals surface area contributed by atoms with E-state index in [0.29, 0.717) is 0 Å². The number of halogens is 5. The van der Waals surface area contributed by atoms with E-state index in [-0.39, 0.29) is 22.5 Å². The number of sulfonamides is 1. The number of hydrogen-bond donors (Lipinski definition) is 2. The molecule has 2 N–H and O–H groups in total. The first-order valence-electron chi connectivity index (χ1n) is 7.72. The molecule has 0 aliphatic heterocycles. The number of ether oxygens (including phenoxy) is 1. The molecule has 0 aliphatic carbocycles. The number of alkyl halides is 3. The van der Waals surface area contributed by atoms with Crippen LogP contribution in [0.1, 0.15) is 24.2 Å². The topological polar surface area (TPSA) is 102 Å². The van der Waals surface area contributed by atoms with E-state index in [0.717, 1.165) is 12.1 Å². The van der Waals surface area contributed by atoms with Gasteiger partial charge < -0.3 is 10.1 Å². The molecule has 0 aliphatic rings. The molecule has 0 saturated carbocycles. The van der Waals surface area contributed by atoms with E-state index in [9.17, 15) is 31.2 Å². The van der Waals surface area contributed by atoms with Crippen LogP contribution in [0.4, 0.5) is 13.2 Å². The van der Waals surface area contributed by atoms with Crippen LogP contribution in [0.5, 0.6) is 0 Å². The summed E-state index contributed by atoms with van der Waals surface area (Å²) >= 11 is 11.8. The van der Waals surface area contributed by atoms with Gasteiger partial charge in [0.15, 0.2) is 6.61 Å². The zero-order chi connectivity index (χ0) is 21.7. The van der Waals surface area contributed by atoms with E-state index in [4.69, 9.17) is 23.2 Å². The number of hydrogen-bond acceptors (Lipinski definition) is 5. The Morgan fingerprint density at radius 3 is 2.32 bits per heavy atom. The monoisotopic (exact) mass is 464 g/mol. The van der Waals surface area contributed by atoms with Gasteiger partial charge in [-0.05, 0) is 18.1 Å². The van der Waals surface area contributed by atoms with E-state index >= 15 is 0 Å². The van der Waals surface area contributed by atoms with Crippen molar-refractivity contribution in [3.63, 3.8) is 0 Å². The molecule has 0 heterocycles. The summed E-state index contributed by atoms with van der Waals surface area (Å²) in [6.45, 7) is 1.06. The molecule has 1 amide bonds. The van der Waals surface area contributed by atoms with Crippen LogP contribution in [0.25, 0.3) is 0 Å². The molecule has 0 saturated heterocycles. The Labute approximate surface area is 169 Å². The largest absolute Gasteiger partial charge is 0.452 e. The second-order valence-electron chi connectivity index (χ2n) is 5.98. The first-order valence-corrected chi connectivity index (χ1v) is 9.96. The number of amides is 1. The molecule has 1 aromatic carbocycles. The minimum absolute atomic E-state index is 0.000460. The normalized spacial score (nSPS) is 12.1. The van der Waals surface area contributed by atoms with Crippen LogP contribution in [0.3, 0.4) is 0 Å². The average molecular weight is 465 g/mol. The van der Waals surface area contributed by atoms with Crippen LogP contribution in [-0.4, -0.2) is 46.2 Å². The summed E-state index contributed by atoms with van der Waals surface area (Å²) < 4.78 is 67.6. The van der Waals surface area contributed by atoms with Crippen LogP contribution in [0.2, 0.25) is 10.0 Å². The van der Waals surface area contributed by atoms with E-state index in [2.05, 4.69) is 9.46 Å². The Bertz CT molecular complexity index is 845. The van der Waals surface area contributed by atoms with E-state index < -0.39 is 51.7 Å². The van der Waals surface area contributed by atoms with Crippen LogP contribution in [-0.2, 0) is 19.6 Å². The Balaban J connectivity index is 2.93. The number of nitrogens with one attached hydrogen (secondary N) is 2. The highest BCUT2D eigenvalue weighted by atomic mass is 35.5. The molecule has 158 valence electrons. The molecule has 0 atom stereocenters. The lowest BCUT2D eigenvalue weighted by Crippen LogP contribution is -2.36. The quantitative estimate of drug-likeness (QED) is 0.575. The molecule has 13 heteroatoms. The van der Waals surface area contributed by atoms with Crippen molar-refractivity contribution in [2.75, 3.05) is 19.7 Å². The third-order valence-corrected chi connectivity index (χ3v) is 5.23. The molecule has 0 aromatic heterocycles. The molecule has 0 fully saturated rings. The van der Waals surface area contributed by atoms with Gasteiger partial charge in [0.05, 0.1) is 15.6 Å². The Hall–Kier alpha value is -1.56. The van der Waals surface area contributed by atoms with Gasteiger partial charge >= 0.3 is 12.1 Å². The smallest absolute Gasteiger partial charge is 0.405 e. The lowest BCUT2D eigenvalue weighted by atomic mass is 10.2. The second kappa shape index (κ2) is 9.77. The maximum atomic E-state index is 12.3. The lowest BCUT2D eigenvalue weighted by Gasteiger charge is -2.13. The summed E-state index contributed by atoms with van der Waals surface area (Å²) in [5, 5.41) is 1.01. The Morgan fingerprint density at radius 2 is 1.79 bits per heavy atom. The molecule has 1 aromatic rings. The fourth-order valence-electron chi connectivity index (χ4n) is 1.70. The standard InChI is InChI=1S/C15H17Cl2F3N2O5S/c1-8(2)5-22-28(25,26)12-3-9(10(16)4-11(12)17)14(24)27-6-13(23)21-7-15(18,19)20/h3-4,8,22H,5-7H2,1-2H3,(H,21,23). The highest BCUT2D eigenvalue weighted by molar-refractivity contribution is 7.89. The Morgan fingerprint density at radius 1 is 1.18 bits per heavy atom. The minimum atomic E-state index is -4.62. The molecular weight excluding hydrogens is 448 g/mol. The molecule has 7 nitrogen and oxygen atoms in total. The highest BCUT2D eigenvalue weighted by Gasteiger charge is 2.28. The van der Waals surface area contributed by atoms with Gasteiger partial charge in [-0.2, -0.15) is 13.2 Å². The molecular formula is C15H17Cl2F3N2O5S. The maximum Gasteiger partial charge on any atom is 0.405 e. The van der Waals surface area contributed by atoms with Crippen molar-refractivity contribution in [1.82, 2.24) is 10.0 Å². The zero-order valence-corrected chi connectivity index (χ0v) is 17.0. The first-order chi connectivity index (χ1) is 12.7. The van der Waals surface area contributed by atoms with Crippen LogP contribution < -0.4 is 10.0 Å². The van der Waals surface area contributed by atoms with Crippen molar-refractivity contribution in [1.29, 1.82) is 0 Å². The van der Waals surface area contributed by atoms with Gasteiger partial charge in [-0.25, -0.2) is 17.9 Å². The van der Waals surface area contributed by atoms with Crippen molar-refractivity contribution in [3.05, 3.63) is 27.7 Å². The van der Waals surface area contributed by atoms with Crippen LogP contribution >= 0.6 is 23.2 Å². The highest BCUT2D eigenvalue weighted by Crippen LogP contribution is 2.29. The summed E-state index contributed by atoms with van der Waals surface area (Å²) in [7, 11) is -4.07. The fraction of sp³-hybridized carbons (Fsp3) is 0.467. The number of esters is 1. The van der Waals surface area contributed by atoms with Crippen molar-refractivity contribution < 1.29 is 35.9 Å². The number of carbonyl (C=O) groups is 2. The molecule has 0 radical (unpaired) electrons. The van der Waals surface area contributed by atoms with E-state index in [1.54, 1.807) is 13.8 Å². The minimum Gasteiger partial charge on any atom is -0.452 e. The first kappa shape index (κ1) is 24.5. The fourth-order valence-corrected chi connectivity index (χ4v) is 3.77. The summed E-state index contributed by atoms with van der Waals surface area (Å²) in [6.07, 6.45) is -4.62. The van der Waals surface area contributed by atoms with Crippen molar-refractivity contribution in [3.8, 4) is 0 Å². The lowest BCUT2D eigenvalue weighted by molar-refractivity contribution is -0.140. The van der Waals surface area contributed by atoms with Gasteiger partial charge in [-0.3, -0.25) is 4.79 Å². The third-order valence-electron chi connectivity index (χ3n) is 3.03. The summed E-state index contributed by atoms with van der Waals surface area (Å²) in [4.78, 5) is 22.9. The van der Waals surface area contributed by atoms with Crippen molar-refractivity contribution >= 4 is 45.1 Å². The summed E-state index contributed by atoms with van der Waals surface area (Å²) in [5.41, 5.74) is -0.417. The van der Waals surface area contributed by atoms with E-state index in [1.165, 1.54) is 5.32 Å². The van der Waals surface area contributed by atoms with Crippen molar-refractivity contribution in [2.45, 2.75) is 24.9 Å². The van der Waals surface area contributed by atoms with E-state index in [1.807, 2.05) is 0 Å².